The summed E-state index contributed by atoms with van der Waals surface area (Å²) in [6.07, 6.45) is 3.02. The van der Waals surface area contributed by atoms with Crippen LogP contribution in [0.15, 0.2) is 0 Å². The van der Waals surface area contributed by atoms with E-state index in [1.54, 1.807) is 4.90 Å². The van der Waals surface area contributed by atoms with E-state index in [0.717, 1.165) is 25.9 Å². The van der Waals surface area contributed by atoms with Gasteiger partial charge in [-0.15, -0.1) is 0 Å². The lowest BCUT2D eigenvalue weighted by atomic mass is 9.94. The summed E-state index contributed by atoms with van der Waals surface area (Å²) >= 11 is 0. The summed E-state index contributed by atoms with van der Waals surface area (Å²) in [5.41, 5.74) is 0. The number of rotatable bonds is 4. The number of ether oxygens (including phenoxy) is 1. The molecule has 2 saturated heterocycles. The average molecular weight is 268 g/mol. The minimum Gasteiger partial charge on any atom is -0.381 e. The number of nitrogens with one attached hydrogen (secondary N) is 1. The van der Waals surface area contributed by atoms with Crippen molar-refractivity contribution in [2.45, 2.75) is 39.2 Å². The molecule has 0 radical (unpaired) electrons. The van der Waals surface area contributed by atoms with Crippen LogP contribution in [0.1, 0.15) is 33.1 Å². The van der Waals surface area contributed by atoms with Crippen molar-refractivity contribution in [3.8, 4) is 0 Å². The Balaban J connectivity index is 1.98. The lowest BCUT2D eigenvalue weighted by Gasteiger charge is -2.37. The zero-order valence-electron chi connectivity index (χ0n) is 11.9. The Hall–Kier alpha value is -1.10. The van der Waals surface area contributed by atoms with Crippen LogP contribution in [0.2, 0.25) is 0 Å². The number of amides is 2. The molecule has 3 atom stereocenters. The van der Waals surface area contributed by atoms with Crippen molar-refractivity contribution in [1.82, 2.24) is 10.2 Å². The standard InChI is InChI=1S/C14H24N2O3/c1-3-10(2)13-14(18)16(8-12(17)15-13)7-11-5-4-6-19-9-11/h10-11,13H,3-9H2,1-2H3,(H,15,17). The maximum Gasteiger partial charge on any atom is 0.245 e. The lowest BCUT2D eigenvalue weighted by molar-refractivity contribution is -0.147. The number of piperazine rings is 1. The third kappa shape index (κ3) is 3.47. The third-order valence-electron chi connectivity index (χ3n) is 4.17. The SMILES string of the molecule is CCC(C)C1NC(=O)CN(CC2CCCOC2)C1=O. The first-order chi connectivity index (χ1) is 9.11. The molecule has 0 aromatic heterocycles. The summed E-state index contributed by atoms with van der Waals surface area (Å²) in [6.45, 7) is 6.43. The van der Waals surface area contributed by atoms with Crippen LogP contribution in [-0.4, -0.2) is 49.1 Å². The van der Waals surface area contributed by atoms with E-state index < -0.39 is 0 Å². The van der Waals surface area contributed by atoms with Gasteiger partial charge >= 0.3 is 0 Å². The molecule has 2 aliphatic heterocycles. The second kappa shape index (κ2) is 6.37. The van der Waals surface area contributed by atoms with Gasteiger partial charge in [-0.05, 0) is 24.7 Å². The number of carbonyl (C=O) groups excluding carboxylic acids is 2. The Morgan fingerprint density at radius 2 is 2.26 bits per heavy atom. The van der Waals surface area contributed by atoms with Crippen LogP contribution in [0.5, 0.6) is 0 Å². The predicted octanol–water partition coefficient (Wildman–Crippen LogP) is 0.786. The van der Waals surface area contributed by atoms with Crippen LogP contribution in [0.4, 0.5) is 0 Å². The highest BCUT2D eigenvalue weighted by Gasteiger charge is 2.36. The van der Waals surface area contributed by atoms with Crippen molar-refractivity contribution >= 4 is 11.8 Å². The van der Waals surface area contributed by atoms with Crippen molar-refractivity contribution in [3.63, 3.8) is 0 Å². The fourth-order valence-corrected chi connectivity index (χ4v) is 2.77. The van der Waals surface area contributed by atoms with E-state index >= 15 is 0 Å². The highest BCUT2D eigenvalue weighted by molar-refractivity contribution is 5.95. The Morgan fingerprint density at radius 1 is 1.47 bits per heavy atom. The van der Waals surface area contributed by atoms with E-state index in [2.05, 4.69) is 5.32 Å². The van der Waals surface area contributed by atoms with E-state index in [9.17, 15) is 9.59 Å². The Bertz CT molecular complexity index is 340. The van der Waals surface area contributed by atoms with Gasteiger partial charge in [0.1, 0.15) is 6.04 Å². The number of carbonyl (C=O) groups is 2. The van der Waals surface area contributed by atoms with Crippen LogP contribution in [0, 0.1) is 11.8 Å². The molecule has 2 amide bonds. The van der Waals surface area contributed by atoms with Crippen LogP contribution < -0.4 is 5.32 Å². The summed E-state index contributed by atoms with van der Waals surface area (Å²) in [5, 5.41) is 2.82. The van der Waals surface area contributed by atoms with Gasteiger partial charge in [-0.25, -0.2) is 0 Å². The van der Waals surface area contributed by atoms with Gasteiger partial charge in [0.25, 0.3) is 0 Å². The van der Waals surface area contributed by atoms with Gasteiger partial charge in [0.2, 0.25) is 11.8 Å². The van der Waals surface area contributed by atoms with Crippen molar-refractivity contribution in [2.75, 3.05) is 26.3 Å². The Kier molecular flexibility index (Phi) is 4.80. The van der Waals surface area contributed by atoms with Gasteiger partial charge in [0, 0.05) is 13.2 Å². The summed E-state index contributed by atoms with van der Waals surface area (Å²) in [7, 11) is 0. The Labute approximate surface area is 114 Å². The molecule has 0 aliphatic carbocycles. The predicted molar refractivity (Wildman–Crippen MR) is 71.5 cm³/mol. The molecule has 5 heteroatoms. The maximum atomic E-state index is 12.4. The first-order valence-corrected chi connectivity index (χ1v) is 7.27. The molecule has 0 bridgehead atoms. The highest BCUT2D eigenvalue weighted by Crippen LogP contribution is 2.19. The molecule has 1 N–H and O–H groups in total. The molecule has 0 aromatic carbocycles. The van der Waals surface area contributed by atoms with E-state index in [0.29, 0.717) is 19.1 Å². The van der Waals surface area contributed by atoms with Gasteiger partial charge in [0.05, 0.1) is 13.2 Å². The highest BCUT2D eigenvalue weighted by atomic mass is 16.5. The zero-order valence-corrected chi connectivity index (χ0v) is 11.9. The van der Waals surface area contributed by atoms with Crippen molar-refractivity contribution < 1.29 is 14.3 Å². The maximum absolute atomic E-state index is 12.4. The van der Waals surface area contributed by atoms with Gasteiger partial charge in [-0.2, -0.15) is 0 Å². The molecule has 0 saturated carbocycles. The molecular weight excluding hydrogens is 244 g/mol. The second-order valence-corrected chi connectivity index (χ2v) is 5.73. The molecule has 19 heavy (non-hydrogen) atoms. The van der Waals surface area contributed by atoms with E-state index in [4.69, 9.17) is 4.74 Å². The molecule has 2 aliphatic rings. The largest absolute Gasteiger partial charge is 0.381 e. The molecule has 5 nitrogen and oxygen atoms in total. The number of hydrogen-bond donors (Lipinski definition) is 1. The van der Waals surface area contributed by atoms with Gasteiger partial charge in [-0.1, -0.05) is 20.3 Å². The topological polar surface area (TPSA) is 58.6 Å². The number of nitrogens with zero attached hydrogens (tertiary/aromatic N) is 1. The normalized spacial score (nSPS) is 30.1. The Morgan fingerprint density at radius 3 is 2.89 bits per heavy atom. The smallest absolute Gasteiger partial charge is 0.245 e. The molecular formula is C14H24N2O3. The van der Waals surface area contributed by atoms with Crippen LogP contribution >= 0.6 is 0 Å². The molecule has 0 spiro atoms. The molecule has 2 heterocycles. The van der Waals surface area contributed by atoms with Gasteiger partial charge in [-0.3, -0.25) is 9.59 Å². The summed E-state index contributed by atoms with van der Waals surface area (Å²) in [5.74, 6) is 0.587. The molecule has 108 valence electrons. The molecule has 2 rings (SSSR count). The van der Waals surface area contributed by atoms with E-state index in [-0.39, 0.29) is 30.3 Å². The second-order valence-electron chi connectivity index (χ2n) is 5.73. The lowest BCUT2D eigenvalue weighted by Crippen LogP contribution is -2.61. The van der Waals surface area contributed by atoms with Gasteiger partial charge < -0.3 is 15.0 Å². The molecule has 2 fully saturated rings. The van der Waals surface area contributed by atoms with Gasteiger partial charge in [0.15, 0.2) is 0 Å². The minimum atomic E-state index is -0.351. The molecule has 3 unspecified atom stereocenters. The van der Waals surface area contributed by atoms with Crippen LogP contribution in [0.25, 0.3) is 0 Å². The number of hydrogen-bond acceptors (Lipinski definition) is 3. The van der Waals surface area contributed by atoms with Crippen molar-refractivity contribution in [1.29, 1.82) is 0 Å². The minimum absolute atomic E-state index is 0.0402. The first kappa shape index (κ1) is 14.3. The van der Waals surface area contributed by atoms with E-state index in [1.165, 1.54) is 0 Å². The van der Waals surface area contributed by atoms with Crippen molar-refractivity contribution in [3.05, 3.63) is 0 Å². The van der Waals surface area contributed by atoms with Crippen LogP contribution in [0.3, 0.4) is 0 Å². The monoisotopic (exact) mass is 268 g/mol. The summed E-state index contributed by atoms with van der Waals surface area (Å²) < 4.78 is 5.44. The summed E-state index contributed by atoms with van der Waals surface area (Å²) in [6, 6.07) is -0.351. The first-order valence-electron chi connectivity index (χ1n) is 7.27. The quantitative estimate of drug-likeness (QED) is 0.820. The fourth-order valence-electron chi connectivity index (χ4n) is 2.77. The van der Waals surface area contributed by atoms with Crippen LogP contribution in [-0.2, 0) is 14.3 Å². The van der Waals surface area contributed by atoms with E-state index in [1.807, 2.05) is 13.8 Å². The van der Waals surface area contributed by atoms with Crippen molar-refractivity contribution in [2.24, 2.45) is 11.8 Å². The molecule has 0 aromatic rings. The third-order valence-corrected chi connectivity index (χ3v) is 4.17. The zero-order chi connectivity index (χ0) is 13.8. The fraction of sp³-hybridized carbons (Fsp3) is 0.857. The average Bonchev–Trinajstić information content (AvgIpc) is 2.42. The summed E-state index contributed by atoms with van der Waals surface area (Å²) in [4.78, 5) is 25.9.